The summed E-state index contributed by atoms with van der Waals surface area (Å²) in [7, 11) is 0. The van der Waals surface area contributed by atoms with Crippen molar-refractivity contribution in [1.82, 2.24) is 4.90 Å². The van der Waals surface area contributed by atoms with Gasteiger partial charge in [-0.3, -0.25) is 9.69 Å². The van der Waals surface area contributed by atoms with Crippen molar-refractivity contribution < 1.29 is 4.79 Å². The Morgan fingerprint density at radius 2 is 2.11 bits per heavy atom. The van der Waals surface area contributed by atoms with E-state index in [0.29, 0.717) is 13.0 Å². The topological polar surface area (TPSA) is 82.2 Å². The second-order valence-electron chi connectivity index (χ2n) is 4.53. The average molecular weight is 244 g/mol. The Morgan fingerprint density at radius 3 is 2.67 bits per heavy atom. The number of nitrogens with two attached hydrogens (primary N) is 1. The number of nitrogens with one attached hydrogen (secondary N) is 1. The van der Waals surface area contributed by atoms with Crippen LogP contribution in [-0.2, 0) is 11.2 Å². The maximum Gasteiger partial charge on any atom is 0.238 e. The van der Waals surface area contributed by atoms with Crippen LogP contribution in [0, 0.1) is 11.3 Å². The van der Waals surface area contributed by atoms with Crippen LogP contribution in [0.15, 0.2) is 24.3 Å². The summed E-state index contributed by atoms with van der Waals surface area (Å²) in [6.45, 7) is 1.96. The number of hydrogen-bond donors (Lipinski definition) is 2. The molecule has 0 aromatic heterocycles. The SMILES string of the molecule is N#CCc1ccc(NC(=O)CN2CC(N)C2)cc1. The van der Waals surface area contributed by atoms with Gasteiger partial charge in [-0.25, -0.2) is 0 Å². The fourth-order valence-electron chi connectivity index (χ4n) is 1.94. The summed E-state index contributed by atoms with van der Waals surface area (Å²) < 4.78 is 0. The Kier molecular flexibility index (Phi) is 3.92. The summed E-state index contributed by atoms with van der Waals surface area (Å²) in [6.07, 6.45) is 0.389. The molecule has 5 heteroatoms. The highest BCUT2D eigenvalue weighted by molar-refractivity contribution is 5.92. The van der Waals surface area contributed by atoms with Gasteiger partial charge in [0.1, 0.15) is 0 Å². The molecule has 1 heterocycles. The van der Waals surface area contributed by atoms with Gasteiger partial charge in [0.2, 0.25) is 5.91 Å². The number of anilines is 1. The van der Waals surface area contributed by atoms with Crippen molar-refractivity contribution in [1.29, 1.82) is 5.26 Å². The molecule has 0 bridgehead atoms. The van der Waals surface area contributed by atoms with Crippen LogP contribution in [-0.4, -0.2) is 36.5 Å². The predicted octanol–water partition coefficient (Wildman–Crippen LogP) is 0.334. The van der Waals surface area contributed by atoms with Crippen molar-refractivity contribution in [3.63, 3.8) is 0 Å². The molecule has 1 aliphatic rings. The lowest BCUT2D eigenvalue weighted by Gasteiger charge is -2.36. The molecule has 2 rings (SSSR count). The summed E-state index contributed by atoms with van der Waals surface area (Å²) >= 11 is 0. The van der Waals surface area contributed by atoms with Crippen molar-refractivity contribution in [2.45, 2.75) is 12.5 Å². The number of nitriles is 1. The van der Waals surface area contributed by atoms with Crippen molar-refractivity contribution in [2.75, 3.05) is 25.0 Å². The van der Waals surface area contributed by atoms with Gasteiger partial charge in [0.05, 0.1) is 19.0 Å². The van der Waals surface area contributed by atoms with Crippen LogP contribution in [0.3, 0.4) is 0 Å². The van der Waals surface area contributed by atoms with E-state index in [2.05, 4.69) is 11.4 Å². The van der Waals surface area contributed by atoms with Crippen molar-refractivity contribution >= 4 is 11.6 Å². The Labute approximate surface area is 106 Å². The van der Waals surface area contributed by atoms with Gasteiger partial charge in [0, 0.05) is 24.8 Å². The number of amides is 1. The lowest BCUT2D eigenvalue weighted by atomic mass is 10.1. The lowest BCUT2D eigenvalue weighted by Crippen LogP contribution is -2.57. The predicted molar refractivity (Wildman–Crippen MR) is 68.8 cm³/mol. The average Bonchev–Trinajstić information content (AvgIpc) is 2.30. The van der Waals surface area contributed by atoms with E-state index >= 15 is 0 Å². The van der Waals surface area contributed by atoms with E-state index in [4.69, 9.17) is 11.0 Å². The number of carbonyl (C=O) groups excluding carboxylic acids is 1. The molecule has 1 aromatic rings. The molecule has 1 aliphatic heterocycles. The van der Waals surface area contributed by atoms with Crippen molar-refractivity contribution in [3.8, 4) is 6.07 Å². The van der Waals surface area contributed by atoms with Crippen molar-refractivity contribution in [2.24, 2.45) is 5.73 Å². The molecule has 1 amide bonds. The van der Waals surface area contributed by atoms with Gasteiger partial charge in [-0.15, -0.1) is 0 Å². The first-order valence-electron chi connectivity index (χ1n) is 5.91. The normalized spacial score (nSPS) is 15.8. The number of carbonyl (C=O) groups is 1. The van der Waals surface area contributed by atoms with E-state index in [-0.39, 0.29) is 11.9 Å². The smallest absolute Gasteiger partial charge is 0.238 e. The number of nitrogens with zero attached hydrogens (tertiary/aromatic N) is 2. The monoisotopic (exact) mass is 244 g/mol. The molecule has 0 unspecified atom stereocenters. The molecule has 94 valence electrons. The van der Waals surface area contributed by atoms with Gasteiger partial charge in [-0.2, -0.15) is 5.26 Å². The van der Waals surface area contributed by atoms with Crippen LogP contribution < -0.4 is 11.1 Å². The van der Waals surface area contributed by atoms with E-state index in [1.807, 2.05) is 29.2 Å². The largest absolute Gasteiger partial charge is 0.325 e. The molecule has 5 nitrogen and oxygen atoms in total. The van der Waals surface area contributed by atoms with Crippen LogP contribution in [0.4, 0.5) is 5.69 Å². The van der Waals surface area contributed by atoms with Gasteiger partial charge < -0.3 is 11.1 Å². The van der Waals surface area contributed by atoms with E-state index < -0.39 is 0 Å². The third kappa shape index (κ3) is 3.29. The van der Waals surface area contributed by atoms with Gasteiger partial charge in [0.25, 0.3) is 0 Å². The van der Waals surface area contributed by atoms with Crippen LogP contribution in [0.5, 0.6) is 0 Å². The molecular weight excluding hydrogens is 228 g/mol. The Morgan fingerprint density at radius 1 is 1.44 bits per heavy atom. The van der Waals surface area contributed by atoms with E-state index in [1.54, 1.807) is 0 Å². The van der Waals surface area contributed by atoms with Gasteiger partial charge in [-0.05, 0) is 17.7 Å². The lowest BCUT2D eigenvalue weighted by molar-refractivity contribution is -0.118. The fourth-order valence-corrected chi connectivity index (χ4v) is 1.94. The zero-order valence-electron chi connectivity index (χ0n) is 10.1. The fraction of sp³-hybridized carbons (Fsp3) is 0.385. The minimum atomic E-state index is -0.0325. The Bertz CT molecular complexity index is 457. The molecule has 1 saturated heterocycles. The molecule has 0 aliphatic carbocycles. The summed E-state index contributed by atoms with van der Waals surface area (Å²) in [6, 6.07) is 9.61. The van der Waals surface area contributed by atoms with Crippen LogP contribution in [0.1, 0.15) is 5.56 Å². The minimum Gasteiger partial charge on any atom is -0.325 e. The van der Waals surface area contributed by atoms with Crippen LogP contribution in [0.25, 0.3) is 0 Å². The summed E-state index contributed by atoms with van der Waals surface area (Å²) in [5.74, 6) is -0.0325. The number of hydrogen-bond acceptors (Lipinski definition) is 4. The molecule has 3 N–H and O–H groups in total. The molecular formula is C13H16N4O. The first kappa shape index (κ1) is 12.6. The molecule has 0 atom stereocenters. The minimum absolute atomic E-state index is 0.0325. The number of benzene rings is 1. The summed E-state index contributed by atoms with van der Waals surface area (Å²) in [5.41, 5.74) is 7.35. The summed E-state index contributed by atoms with van der Waals surface area (Å²) in [4.78, 5) is 13.7. The molecule has 0 saturated carbocycles. The highest BCUT2D eigenvalue weighted by atomic mass is 16.2. The number of likely N-dealkylation sites (tertiary alicyclic amines) is 1. The zero-order valence-corrected chi connectivity index (χ0v) is 10.1. The second kappa shape index (κ2) is 5.63. The van der Waals surface area contributed by atoms with E-state index in [0.717, 1.165) is 24.3 Å². The molecule has 1 aromatic carbocycles. The molecule has 0 radical (unpaired) electrons. The van der Waals surface area contributed by atoms with Crippen LogP contribution in [0.2, 0.25) is 0 Å². The quantitative estimate of drug-likeness (QED) is 0.800. The van der Waals surface area contributed by atoms with Gasteiger partial charge in [-0.1, -0.05) is 12.1 Å². The Balaban J connectivity index is 1.81. The van der Waals surface area contributed by atoms with Crippen molar-refractivity contribution in [3.05, 3.63) is 29.8 Å². The second-order valence-corrected chi connectivity index (χ2v) is 4.53. The zero-order chi connectivity index (χ0) is 13.0. The number of rotatable bonds is 4. The van der Waals surface area contributed by atoms with Gasteiger partial charge >= 0.3 is 0 Å². The van der Waals surface area contributed by atoms with E-state index in [1.165, 1.54) is 0 Å². The third-order valence-electron chi connectivity index (χ3n) is 2.87. The molecule has 1 fully saturated rings. The highest BCUT2D eigenvalue weighted by Gasteiger charge is 2.24. The summed E-state index contributed by atoms with van der Waals surface area (Å²) in [5, 5.41) is 11.4. The standard InChI is InChI=1S/C13H16N4O/c14-6-5-10-1-3-12(4-2-10)16-13(18)9-17-7-11(15)8-17/h1-4,11H,5,7-9,15H2,(H,16,18). The van der Waals surface area contributed by atoms with Crippen LogP contribution >= 0.6 is 0 Å². The highest BCUT2D eigenvalue weighted by Crippen LogP contribution is 2.11. The first-order valence-corrected chi connectivity index (χ1v) is 5.91. The molecule has 18 heavy (non-hydrogen) atoms. The maximum atomic E-state index is 11.7. The Hall–Kier alpha value is -1.90. The maximum absolute atomic E-state index is 11.7. The first-order chi connectivity index (χ1) is 8.67. The molecule has 0 spiro atoms. The third-order valence-corrected chi connectivity index (χ3v) is 2.87. The van der Waals surface area contributed by atoms with Gasteiger partial charge in [0.15, 0.2) is 0 Å². The van der Waals surface area contributed by atoms with E-state index in [9.17, 15) is 4.79 Å².